The molecule has 0 aliphatic carbocycles. The number of likely N-dealkylation sites (N-methyl/N-ethyl adjacent to an activating group) is 2. The lowest BCUT2D eigenvalue weighted by Crippen LogP contribution is -2.39. The van der Waals surface area contributed by atoms with Gasteiger partial charge in [0.2, 0.25) is 0 Å². The number of nitrogens with zero attached hydrogens (tertiary/aromatic N) is 2. The number of hydrogen-bond acceptors (Lipinski definition) is 3. The summed E-state index contributed by atoms with van der Waals surface area (Å²) in [5.74, 6) is 0. The number of aromatic amines is 1. The Kier molecular flexibility index (Phi) is 4.47. The zero-order valence-electron chi connectivity index (χ0n) is 13.4. The molecule has 0 radical (unpaired) electrons. The summed E-state index contributed by atoms with van der Waals surface area (Å²) >= 11 is 5.51. The van der Waals surface area contributed by atoms with Gasteiger partial charge in [-0.1, -0.05) is 24.4 Å². The fourth-order valence-electron chi connectivity index (χ4n) is 3.06. The van der Waals surface area contributed by atoms with E-state index in [1.165, 1.54) is 10.9 Å². The SMILES string of the molecule is CN(C)C(=S)[C@@H]1C[C@@H](OCc2ccc3cc[nH]c3c2)CN1C. The summed E-state index contributed by atoms with van der Waals surface area (Å²) in [5.41, 5.74) is 2.37. The third kappa shape index (κ3) is 3.16. The first kappa shape index (κ1) is 15.5. The minimum absolute atomic E-state index is 0.243. The van der Waals surface area contributed by atoms with Crippen molar-refractivity contribution >= 4 is 28.1 Å². The van der Waals surface area contributed by atoms with Gasteiger partial charge in [0.25, 0.3) is 0 Å². The first-order valence-electron chi connectivity index (χ1n) is 7.63. The Balaban J connectivity index is 1.59. The number of thiocarbonyl (C=S) groups is 1. The van der Waals surface area contributed by atoms with E-state index in [1.54, 1.807) is 0 Å². The molecule has 5 heteroatoms. The van der Waals surface area contributed by atoms with Gasteiger partial charge >= 0.3 is 0 Å². The first-order chi connectivity index (χ1) is 10.5. The Morgan fingerprint density at radius 1 is 1.41 bits per heavy atom. The molecule has 1 aromatic heterocycles. The minimum atomic E-state index is 0.243. The molecule has 0 amide bonds. The minimum Gasteiger partial charge on any atom is -0.372 e. The lowest BCUT2D eigenvalue weighted by molar-refractivity contribution is 0.0483. The number of H-pyrrole nitrogens is 1. The molecule has 1 N–H and O–H groups in total. The van der Waals surface area contributed by atoms with Gasteiger partial charge < -0.3 is 14.6 Å². The van der Waals surface area contributed by atoms with E-state index in [-0.39, 0.29) is 6.10 Å². The Morgan fingerprint density at radius 3 is 3.00 bits per heavy atom. The van der Waals surface area contributed by atoms with Gasteiger partial charge in [0.05, 0.1) is 23.7 Å². The number of likely N-dealkylation sites (tertiary alicyclic amines) is 1. The standard InChI is InChI=1S/C17H23N3OS/c1-19(2)17(22)16-9-14(10-20(16)3)21-11-12-4-5-13-6-7-18-15(13)8-12/h4-8,14,16,18H,9-11H2,1-3H3/t14-,16+/m1/s1. The normalized spacial score (nSPS) is 22.3. The van der Waals surface area contributed by atoms with Crippen molar-refractivity contribution in [1.29, 1.82) is 0 Å². The lowest BCUT2D eigenvalue weighted by Gasteiger charge is -2.24. The van der Waals surface area contributed by atoms with Crippen molar-refractivity contribution in [1.82, 2.24) is 14.8 Å². The maximum atomic E-state index is 6.11. The molecule has 22 heavy (non-hydrogen) atoms. The van der Waals surface area contributed by atoms with Gasteiger partial charge in [-0.15, -0.1) is 0 Å². The fraction of sp³-hybridized carbons (Fsp3) is 0.471. The summed E-state index contributed by atoms with van der Waals surface area (Å²) in [6.07, 6.45) is 3.18. The van der Waals surface area contributed by atoms with Crippen LogP contribution in [0.15, 0.2) is 30.5 Å². The molecule has 1 aromatic carbocycles. The molecule has 1 saturated heterocycles. The molecule has 0 unspecified atom stereocenters. The van der Waals surface area contributed by atoms with E-state index in [1.807, 2.05) is 25.2 Å². The quantitative estimate of drug-likeness (QED) is 0.879. The molecule has 0 saturated carbocycles. The van der Waals surface area contributed by atoms with E-state index in [0.29, 0.717) is 12.6 Å². The molecule has 1 aliphatic heterocycles. The van der Waals surface area contributed by atoms with E-state index < -0.39 is 0 Å². The van der Waals surface area contributed by atoms with E-state index in [0.717, 1.165) is 23.5 Å². The third-order valence-corrected chi connectivity index (χ3v) is 4.98. The molecule has 0 spiro atoms. The van der Waals surface area contributed by atoms with Gasteiger partial charge in [0, 0.05) is 32.4 Å². The van der Waals surface area contributed by atoms with Crippen LogP contribution < -0.4 is 0 Å². The molecule has 0 bridgehead atoms. The van der Waals surface area contributed by atoms with Crippen molar-refractivity contribution in [2.24, 2.45) is 0 Å². The second kappa shape index (κ2) is 6.36. The Bertz CT molecular complexity index is 667. The summed E-state index contributed by atoms with van der Waals surface area (Å²) in [4.78, 5) is 8.55. The van der Waals surface area contributed by atoms with Crippen LogP contribution >= 0.6 is 12.2 Å². The summed E-state index contributed by atoms with van der Waals surface area (Å²) in [6.45, 7) is 1.58. The van der Waals surface area contributed by atoms with E-state index in [9.17, 15) is 0 Å². The predicted molar refractivity (Wildman–Crippen MR) is 94.2 cm³/mol. The zero-order chi connectivity index (χ0) is 15.7. The lowest BCUT2D eigenvalue weighted by atomic mass is 10.1. The molecule has 2 atom stereocenters. The average molecular weight is 317 g/mol. The van der Waals surface area contributed by atoms with E-state index in [4.69, 9.17) is 17.0 Å². The molecule has 1 aliphatic rings. The third-order valence-electron chi connectivity index (χ3n) is 4.34. The van der Waals surface area contributed by atoms with Crippen LogP contribution in [-0.2, 0) is 11.3 Å². The Labute approximate surface area is 137 Å². The van der Waals surface area contributed by atoms with Crippen molar-refractivity contribution in [3.8, 4) is 0 Å². The number of benzene rings is 1. The summed E-state index contributed by atoms with van der Waals surface area (Å²) in [6, 6.07) is 8.82. The van der Waals surface area contributed by atoms with Crippen LogP contribution in [0.4, 0.5) is 0 Å². The van der Waals surface area contributed by atoms with Crippen LogP contribution in [0.1, 0.15) is 12.0 Å². The highest BCUT2D eigenvalue weighted by Crippen LogP contribution is 2.22. The predicted octanol–water partition coefficient (Wildman–Crippen LogP) is 2.65. The highest BCUT2D eigenvalue weighted by Gasteiger charge is 2.33. The molecule has 3 rings (SSSR count). The van der Waals surface area contributed by atoms with Gasteiger partial charge in [0.1, 0.15) is 0 Å². The Hall–Kier alpha value is -1.43. The van der Waals surface area contributed by atoms with Gasteiger partial charge in [-0.05, 0) is 36.6 Å². The maximum absolute atomic E-state index is 6.11. The van der Waals surface area contributed by atoms with E-state index in [2.05, 4.69) is 41.2 Å². The van der Waals surface area contributed by atoms with Crippen molar-refractivity contribution < 1.29 is 4.74 Å². The molecule has 4 nitrogen and oxygen atoms in total. The number of rotatable bonds is 4. The van der Waals surface area contributed by atoms with Crippen LogP contribution in [0.25, 0.3) is 10.9 Å². The van der Waals surface area contributed by atoms with Crippen LogP contribution in [0.5, 0.6) is 0 Å². The van der Waals surface area contributed by atoms with E-state index >= 15 is 0 Å². The van der Waals surface area contributed by atoms with Gasteiger partial charge in [-0.3, -0.25) is 4.90 Å². The van der Waals surface area contributed by atoms with Gasteiger partial charge in [-0.2, -0.15) is 0 Å². The molecule has 118 valence electrons. The first-order valence-corrected chi connectivity index (χ1v) is 8.04. The molecular weight excluding hydrogens is 294 g/mol. The smallest absolute Gasteiger partial charge is 0.0949 e. The number of nitrogens with one attached hydrogen (secondary N) is 1. The fourth-order valence-corrected chi connectivity index (χ4v) is 3.34. The zero-order valence-corrected chi connectivity index (χ0v) is 14.2. The monoisotopic (exact) mass is 317 g/mol. The van der Waals surface area contributed by atoms with Crippen molar-refractivity contribution in [3.63, 3.8) is 0 Å². The maximum Gasteiger partial charge on any atom is 0.0949 e. The van der Waals surface area contributed by atoms with Crippen molar-refractivity contribution in [2.75, 3.05) is 27.7 Å². The molecule has 2 heterocycles. The molecule has 1 fully saturated rings. The highest BCUT2D eigenvalue weighted by atomic mass is 32.1. The number of aromatic nitrogens is 1. The highest BCUT2D eigenvalue weighted by molar-refractivity contribution is 7.80. The Morgan fingerprint density at radius 2 is 2.23 bits per heavy atom. The van der Waals surface area contributed by atoms with Crippen LogP contribution in [0, 0.1) is 0 Å². The van der Waals surface area contributed by atoms with Crippen molar-refractivity contribution in [3.05, 3.63) is 36.0 Å². The van der Waals surface area contributed by atoms with Gasteiger partial charge in [0.15, 0.2) is 0 Å². The van der Waals surface area contributed by atoms with Crippen LogP contribution in [-0.4, -0.2) is 59.6 Å². The summed E-state index contributed by atoms with van der Waals surface area (Å²) in [7, 11) is 6.14. The largest absolute Gasteiger partial charge is 0.372 e. The summed E-state index contributed by atoms with van der Waals surface area (Å²) in [5, 5.41) is 1.24. The summed E-state index contributed by atoms with van der Waals surface area (Å²) < 4.78 is 6.11. The second-order valence-corrected chi connectivity index (χ2v) is 6.67. The van der Waals surface area contributed by atoms with Crippen LogP contribution in [0.3, 0.4) is 0 Å². The van der Waals surface area contributed by atoms with Crippen LogP contribution in [0.2, 0.25) is 0 Å². The topological polar surface area (TPSA) is 31.5 Å². The van der Waals surface area contributed by atoms with Crippen molar-refractivity contribution in [2.45, 2.75) is 25.2 Å². The number of hydrogen-bond donors (Lipinski definition) is 1. The average Bonchev–Trinajstić information content (AvgIpc) is 3.09. The number of fused-ring (bicyclic) bond motifs is 1. The number of ether oxygens (including phenoxy) is 1. The molecular formula is C17H23N3OS. The van der Waals surface area contributed by atoms with Gasteiger partial charge in [-0.25, -0.2) is 0 Å². The second-order valence-electron chi connectivity index (χ2n) is 6.26. The molecule has 2 aromatic rings.